The van der Waals surface area contributed by atoms with Gasteiger partial charge in [-0.2, -0.15) is 5.26 Å². The number of hydrogen-bond acceptors (Lipinski definition) is 4. The van der Waals surface area contributed by atoms with Gasteiger partial charge < -0.3 is 5.32 Å². The Kier molecular flexibility index (Phi) is 6.38. The highest BCUT2D eigenvalue weighted by Crippen LogP contribution is 2.33. The first-order valence-electron chi connectivity index (χ1n) is 8.35. The Morgan fingerprint density at radius 1 is 1.25 bits per heavy atom. The van der Waals surface area contributed by atoms with Crippen LogP contribution in [0.1, 0.15) is 37.7 Å². The first-order valence-corrected chi connectivity index (χ1v) is 10.2. The van der Waals surface area contributed by atoms with Gasteiger partial charge in [-0.3, -0.25) is 4.79 Å². The van der Waals surface area contributed by atoms with Crippen LogP contribution >= 0.6 is 0 Å². The molecule has 5 nitrogen and oxygen atoms in total. The van der Waals surface area contributed by atoms with Crippen molar-refractivity contribution in [2.75, 3.05) is 12.8 Å². The number of carbonyl (C=O) groups is 1. The van der Waals surface area contributed by atoms with Crippen LogP contribution in [-0.4, -0.2) is 27.1 Å². The van der Waals surface area contributed by atoms with Crippen LogP contribution < -0.4 is 5.32 Å². The molecule has 2 rings (SSSR count). The van der Waals surface area contributed by atoms with Crippen molar-refractivity contribution in [1.82, 2.24) is 5.32 Å². The molecule has 1 aliphatic carbocycles. The van der Waals surface area contributed by atoms with Gasteiger partial charge in [0.05, 0.1) is 11.0 Å². The zero-order valence-electron chi connectivity index (χ0n) is 14.0. The fourth-order valence-electron chi connectivity index (χ4n) is 3.41. The number of amides is 1. The van der Waals surface area contributed by atoms with Crippen LogP contribution in [0.4, 0.5) is 0 Å². The zero-order chi connectivity index (χ0) is 17.6. The number of rotatable bonds is 6. The van der Waals surface area contributed by atoms with E-state index in [-0.39, 0.29) is 18.4 Å². The molecule has 0 aromatic heterocycles. The maximum atomic E-state index is 12.2. The number of hydrogen-bond donors (Lipinski definition) is 1. The molecule has 1 aliphatic rings. The Labute approximate surface area is 144 Å². The van der Waals surface area contributed by atoms with Crippen molar-refractivity contribution >= 4 is 15.7 Å². The van der Waals surface area contributed by atoms with Gasteiger partial charge in [-0.1, -0.05) is 25.0 Å². The lowest BCUT2D eigenvalue weighted by Gasteiger charge is -2.30. The zero-order valence-corrected chi connectivity index (χ0v) is 14.8. The molecule has 0 aliphatic heterocycles. The van der Waals surface area contributed by atoms with E-state index >= 15 is 0 Å². The predicted octanol–water partition coefficient (Wildman–Crippen LogP) is 2.47. The second kappa shape index (κ2) is 8.29. The molecule has 0 radical (unpaired) electrons. The fraction of sp³-hybridized carbons (Fsp3) is 0.556. The highest BCUT2D eigenvalue weighted by atomic mass is 32.2. The molecule has 1 saturated carbocycles. The highest BCUT2D eigenvalue weighted by Gasteiger charge is 2.30. The molecule has 0 spiro atoms. The maximum Gasteiger partial charge on any atom is 0.224 e. The minimum absolute atomic E-state index is 0.00586. The monoisotopic (exact) mass is 348 g/mol. The van der Waals surface area contributed by atoms with Gasteiger partial charge in [0.25, 0.3) is 0 Å². The Bertz CT molecular complexity index is 705. The molecular formula is C18H24N2O3S. The van der Waals surface area contributed by atoms with Gasteiger partial charge in [0.2, 0.25) is 5.91 Å². The van der Waals surface area contributed by atoms with Crippen LogP contribution in [0.5, 0.6) is 0 Å². The minimum atomic E-state index is -3.16. The SMILES string of the molecule is CS(=O)(=O)c1ccc(CC[C@@H]2CCCC[C@H]2C(=O)NCC#N)cc1. The lowest BCUT2D eigenvalue weighted by Crippen LogP contribution is -2.37. The smallest absolute Gasteiger partial charge is 0.224 e. The van der Waals surface area contributed by atoms with Crippen LogP contribution in [0, 0.1) is 23.2 Å². The molecular weight excluding hydrogens is 324 g/mol. The molecule has 0 bridgehead atoms. The van der Waals surface area contributed by atoms with E-state index in [2.05, 4.69) is 5.32 Å². The van der Waals surface area contributed by atoms with E-state index < -0.39 is 9.84 Å². The van der Waals surface area contributed by atoms with E-state index in [4.69, 9.17) is 5.26 Å². The summed E-state index contributed by atoms with van der Waals surface area (Å²) in [5, 5.41) is 11.3. The molecule has 1 N–H and O–H groups in total. The molecule has 1 amide bonds. The average molecular weight is 348 g/mol. The van der Waals surface area contributed by atoms with Crippen molar-refractivity contribution < 1.29 is 13.2 Å². The molecule has 130 valence electrons. The van der Waals surface area contributed by atoms with Gasteiger partial charge in [0, 0.05) is 12.2 Å². The van der Waals surface area contributed by atoms with Crippen LogP contribution in [0.2, 0.25) is 0 Å². The quantitative estimate of drug-likeness (QED) is 0.800. The van der Waals surface area contributed by atoms with Crippen molar-refractivity contribution in [3.63, 3.8) is 0 Å². The van der Waals surface area contributed by atoms with E-state index in [0.29, 0.717) is 10.8 Å². The van der Waals surface area contributed by atoms with Crippen molar-refractivity contribution in [3.05, 3.63) is 29.8 Å². The molecule has 2 atom stereocenters. The number of nitrogens with one attached hydrogen (secondary N) is 1. The largest absolute Gasteiger partial charge is 0.343 e. The van der Waals surface area contributed by atoms with Crippen LogP contribution in [0.15, 0.2) is 29.2 Å². The van der Waals surface area contributed by atoms with E-state index in [0.717, 1.165) is 44.1 Å². The maximum absolute atomic E-state index is 12.2. The second-order valence-electron chi connectivity index (χ2n) is 6.48. The number of nitrogens with zero attached hydrogens (tertiary/aromatic N) is 1. The van der Waals surface area contributed by atoms with Gasteiger partial charge in [-0.05, 0) is 49.3 Å². The van der Waals surface area contributed by atoms with Gasteiger partial charge in [0.15, 0.2) is 9.84 Å². The third-order valence-corrected chi connectivity index (χ3v) is 5.87. The Balaban J connectivity index is 1.96. The van der Waals surface area contributed by atoms with Gasteiger partial charge >= 0.3 is 0 Å². The topological polar surface area (TPSA) is 87.0 Å². The van der Waals surface area contributed by atoms with Gasteiger partial charge in [0.1, 0.15) is 6.54 Å². The average Bonchev–Trinajstić information content (AvgIpc) is 2.57. The van der Waals surface area contributed by atoms with Crippen LogP contribution in [0.25, 0.3) is 0 Å². The predicted molar refractivity (Wildman–Crippen MR) is 91.9 cm³/mol. The lowest BCUT2D eigenvalue weighted by atomic mass is 9.76. The molecule has 0 saturated heterocycles. The second-order valence-corrected chi connectivity index (χ2v) is 8.50. The van der Waals surface area contributed by atoms with Crippen LogP contribution in [-0.2, 0) is 21.1 Å². The number of aryl methyl sites for hydroxylation is 1. The van der Waals surface area contributed by atoms with Gasteiger partial charge in [-0.15, -0.1) is 0 Å². The van der Waals surface area contributed by atoms with E-state index in [1.165, 1.54) is 6.26 Å². The van der Waals surface area contributed by atoms with E-state index in [9.17, 15) is 13.2 Å². The normalized spacial score (nSPS) is 21.0. The molecule has 1 aromatic rings. The summed E-state index contributed by atoms with van der Waals surface area (Å²) in [4.78, 5) is 12.5. The molecule has 6 heteroatoms. The Morgan fingerprint density at radius 2 is 1.92 bits per heavy atom. The van der Waals surface area contributed by atoms with Gasteiger partial charge in [-0.25, -0.2) is 8.42 Å². The minimum Gasteiger partial charge on any atom is -0.343 e. The first-order chi connectivity index (χ1) is 11.4. The third kappa shape index (κ3) is 5.07. The number of benzene rings is 1. The first kappa shape index (κ1) is 18.5. The van der Waals surface area contributed by atoms with Crippen molar-refractivity contribution in [1.29, 1.82) is 5.26 Å². The lowest BCUT2D eigenvalue weighted by molar-refractivity contribution is -0.127. The summed E-state index contributed by atoms with van der Waals surface area (Å²) in [7, 11) is -3.16. The third-order valence-electron chi connectivity index (χ3n) is 4.74. The Hall–Kier alpha value is -1.87. The number of nitriles is 1. The molecule has 0 unspecified atom stereocenters. The fourth-order valence-corrected chi connectivity index (χ4v) is 4.04. The summed E-state index contributed by atoms with van der Waals surface area (Å²) >= 11 is 0. The summed E-state index contributed by atoms with van der Waals surface area (Å²) in [6.45, 7) is 0.0645. The molecule has 1 fully saturated rings. The number of sulfone groups is 1. The van der Waals surface area contributed by atoms with Crippen molar-refractivity contribution in [2.24, 2.45) is 11.8 Å². The molecule has 0 heterocycles. The van der Waals surface area contributed by atoms with Crippen molar-refractivity contribution in [2.45, 2.75) is 43.4 Å². The Morgan fingerprint density at radius 3 is 2.54 bits per heavy atom. The summed E-state index contributed by atoms with van der Waals surface area (Å²) in [5.41, 5.74) is 1.09. The number of carbonyl (C=O) groups excluding carboxylic acids is 1. The summed E-state index contributed by atoms with van der Waals surface area (Å²) in [5.74, 6) is 0.308. The molecule has 1 aromatic carbocycles. The molecule has 24 heavy (non-hydrogen) atoms. The van der Waals surface area contributed by atoms with E-state index in [1.54, 1.807) is 12.1 Å². The van der Waals surface area contributed by atoms with E-state index in [1.807, 2.05) is 18.2 Å². The van der Waals surface area contributed by atoms with Crippen LogP contribution in [0.3, 0.4) is 0 Å². The standard InChI is InChI=1S/C18H24N2O3S/c1-24(22,23)16-10-7-14(8-11-16)6-9-15-4-2-3-5-17(15)18(21)20-13-12-19/h7-8,10-11,15,17H,2-6,9,13H2,1H3,(H,20,21)/t15-,17+/m0/s1. The summed E-state index contributed by atoms with van der Waals surface area (Å²) < 4.78 is 23.0. The summed E-state index contributed by atoms with van der Waals surface area (Å²) in [6, 6.07) is 8.93. The highest BCUT2D eigenvalue weighted by molar-refractivity contribution is 7.90. The summed E-state index contributed by atoms with van der Waals surface area (Å²) in [6.07, 6.45) is 7.05. The van der Waals surface area contributed by atoms with Crippen molar-refractivity contribution in [3.8, 4) is 6.07 Å².